The van der Waals surface area contributed by atoms with Crippen molar-refractivity contribution >= 4 is 40.2 Å². The van der Waals surface area contributed by atoms with Gasteiger partial charge in [-0.25, -0.2) is 4.21 Å². The average Bonchev–Trinajstić information content (AvgIpc) is 1.96. The van der Waals surface area contributed by atoms with Crippen molar-refractivity contribution in [3.05, 3.63) is 28.2 Å². The third-order valence-corrected chi connectivity index (χ3v) is 2.27. The van der Waals surface area contributed by atoms with Gasteiger partial charge in [0, 0.05) is 5.69 Å². The highest BCUT2D eigenvalue weighted by Crippen LogP contribution is 2.24. The van der Waals surface area contributed by atoms with E-state index in [-0.39, 0.29) is 0 Å². The van der Waals surface area contributed by atoms with Crippen molar-refractivity contribution in [1.82, 2.24) is 0 Å². The van der Waals surface area contributed by atoms with Gasteiger partial charge in [0.05, 0.1) is 10.0 Å². The molecule has 0 fully saturated rings. The van der Waals surface area contributed by atoms with Crippen molar-refractivity contribution < 1.29 is 8.76 Å². The van der Waals surface area contributed by atoms with Crippen LogP contribution in [0.25, 0.3) is 0 Å². The molecule has 1 rings (SSSR count). The van der Waals surface area contributed by atoms with Gasteiger partial charge in [-0.3, -0.25) is 9.27 Å². The second-order valence-electron chi connectivity index (χ2n) is 1.98. The summed E-state index contributed by atoms with van der Waals surface area (Å²) < 4.78 is 21.0. The van der Waals surface area contributed by atoms with E-state index < -0.39 is 11.3 Å². The van der Waals surface area contributed by atoms with Crippen LogP contribution in [0.15, 0.2) is 18.2 Å². The zero-order valence-corrected chi connectivity index (χ0v) is 8.08. The summed E-state index contributed by atoms with van der Waals surface area (Å²) in [6.45, 7) is 0. The lowest BCUT2D eigenvalue weighted by Crippen LogP contribution is -2.01. The Morgan fingerprint density at radius 1 is 1.33 bits per heavy atom. The van der Waals surface area contributed by atoms with Crippen LogP contribution in [0, 0.1) is 0 Å². The first-order chi connectivity index (χ1) is 5.59. The maximum absolute atomic E-state index is 10.3. The zero-order chi connectivity index (χ0) is 9.14. The van der Waals surface area contributed by atoms with Crippen LogP contribution in [0.2, 0.25) is 10.0 Å². The molecular formula is C6H5Cl2NO2S. The molecule has 2 N–H and O–H groups in total. The molecule has 0 saturated heterocycles. The molecule has 0 aromatic heterocycles. The zero-order valence-electron chi connectivity index (χ0n) is 5.75. The van der Waals surface area contributed by atoms with Crippen LogP contribution in [0.1, 0.15) is 0 Å². The summed E-state index contributed by atoms with van der Waals surface area (Å²) in [5, 5.41) is 0.748. The first-order valence-corrected chi connectivity index (χ1v) is 4.78. The van der Waals surface area contributed by atoms with Crippen molar-refractivity contribution in [1.29, 1.82) is 0 Å². The summed E-state index contributed by atoms with van der Waals surface area (Å²) in [4.78, 5) is 0. The normalized spacial score (nSPS) is 12.6. The van der Waals surface area contributed by atoms with Crippen LogP contribution in [0.3, 0.4) is 0 Å². The lowest BCUT2D eigenvalue weighted by atomic mass is 10.3. The van der Waals surface area contributed by atoms with E-state index in [9.17, 15) is 4.21 Å². The molecule has 0 amide bonds. The van der Waals surface area contributed by atoms with Crippen molar-refractivity contribution in [2.75, 3.05) is 4.72 Å². The Kier molecular flexibility index (Phi) is 3.34. The molecule has 1 aromatic rings. The molecule has 0 radical (unpaired) electrons. The summed E-state index contributed by atoms with van der Waals surface area (Å²) in [5.41, 5.74) is 0.449. The van der Waals surface area contributed by atoms with Gasteiger partial charge in [-0.2, -0.15) is 0 Å². The highest BCUT2D eigenvalue weighted by Gasteiger charge is 1.99. The van der Waals surface area contributed by atoms with Gasteiger partial charge in [-0.1, -0.05) is 23.2 Å². The Balaban J connectivity index is 2.89. The maximum atomic E-state index is 10.3. The number of halogens is 2. The molecule has 0 spiro atoms. The Bertz CT molecular complexity index is 318. The molecule has 1 atom stereocenters. The van der Waals surface area contributed by atoms with E-state index in [0.717, 1.165) is 0 Å². The topological polar surface area (TPSA) is 49.3 Å². The minimum absolute atomic E-state index is 0.340. The fourth-order valence-electron chi connectivity index (χ4n) is 0.660. The predicted octanol–water partition coefficient (Wildman–Crippen LogP) is 2.54. The predicted molar refractivity (Wildman–Crippen MR) is 50.9 cm³/mol. The molecule has 1 aromatic carbocycles. The molecule has 0 aliphatic carbocycles. The van der Waals surface area contributed by atoms with Crippen LogP contribution < -0.4 is 4.72 Å². The van der Waals surface area contributed by atoms with E-state index >= 15 is 0 Å². The average molecular weight is 226 g/mol. The summed E-state index contributed by atoms with van der Waals surface area (Å²) in [6.07, 6.45) is 0. The third-order valence-electron chi connectivity index (χ3n) is 1.12. The second kappa shape index (κ2) is 4.09. The number of rotatable bonds is 2. The number of hydrogen-bond acceptors (Lipinski definition) is 1. The monoisotopic (exact) mass is 225 g/mol. The first kappa shape index (κ1) is 9.80. The van der Waals surface area contributed by atoms with E-state index in [1.165, 1.54) is 6.07 Å². The Morgan fingerprint density at radius 2 is 2.00 bits per heavy atom. The second-order valence-corrected chi connectivity index (χ2v) is 3.50. The SMILES string of the molecule is O=S(O)Nc1ccc(Cl)c(Cl)c1. The van der Waals surface area contributed by atoms with Gasteiger partial charge in [-0.15, -0.1) is 0 Å². The number of anilines is 1. The fourth-order valence-corrected chi connectivity index (χ4v) is 1.29. The molecule has 3 nitrogen and oxygen atoms in total. The number of benzene rings is 1. The lowest BCUT2D eigenvalue weighted by Gasteiger charge is -2.01. The van der Waals surface area contributed by atoms with Gasteiger partial charge in [0.1, 0.15) is 0 Å². The van der Waals surface area contributed by atoms with Crippen molar-refractivity contribution in [2.24, 2.45) is 0 Å². The van der Waals surface area contributed by atoms with Gasteiger partial charge in [0.25, 0.3) is 11.3 Å². The maximum Gasteiger partial charge on any atom is 0.259 e. The lowest BCUT2D eigenvalue weighted by molar-refractivity contribution is 0.570. The van der Waals surface area contributed by atoms with Crippen molar-refractivity contribution in [3.63, 3.8) is 0 Å². The molecule has 0 heterocycles. The van der Waals surface area contributed by atoms with E-state index in [4.69, 9.17) is 27.8 Å². The summed E-state index contributed by atoms with van der Waals surface area (Å²) in [5.74, 6) is 0. The van der Waals surface area contributed by atoms with Crippen LogP contribution in [0.4, 0.5) is 5.69 Å². The van der Waals surface area contributed by atoms with E-state index in [0.29, 0.717) is 15.7 Å². The molecule has 0 aliphatic heterocycles. The van der Waals surface area contributed by atoms with Gasteiger partial charge in [0.15, 0.2) is 0 Å². The fraction of sp³-hybridized carbons (Fsp3) is 0. The third kappa shape index (κ3) is 2.64. The van der Waals surface area contributed by atoms with Crippen molar-refractivity contribution in [2.45, 2.75) is 0 Å². The van der Waals surface area contributed by atoms with E-state index in [1.807, 2.05) is 0 Å². The van der Waals surface area contributed by atoms with E-state index in [1.54, 1.807) is 12.1 Å². The van der Waals surface area contributed by atoms with Crippen LogP contribution >= 0.6 is 23.2 Å². The van der Waals surface area contributed by atoms with Crippen LogP contribution in [-0.2, 0) is 11.3 Å². The smallest absolute Gasteiger partial charge is 0.259 e. The molecular weight excluding hydrogens is 221 g/mol. The highest BCUT2D eigenvalue weighted by molar-refractivity contribution is 7.80. The Labute approximate surface area is 82.1 Å². The molecule has 0 aliphatic rings. The quantitative estimate of drug-likeness (QED) is 0.761. The molecule has 6 heteroatoms. The summed E-state index contributed by atoms with van der Waals surface area (Å²) in [6, 6.07) is 4.57. The number of hydrogen-bond donors (Lipinski definition) is 2. The van der Waals surface area contributed by atoms with E-state index in [2.05, 4.69) is 4.72 Å². The molecule has 0 bridgehead atoms. The minimum Gasteiger partial charge on any atom is -0.289 e. The molecule has 1 unspecified atom stereocenters. The van der Waals surface area contributed by atoms with Crippen molar-refractivity contribution in [3.8, 4) is 0 Å². The molecule has 0 saturated carbocycles. The summed E-state index contributed by atoms with van der Waals surface area (Å²) in [7, 11) is 0. The van der Waals surface area contributed by atoms with Gasteiger partial charge in [-0.05, 0) is 18.2 Å². The van der Waals surface area contributed by atoms with Gasteiger partial charge >= 0.3 is 0 Å². The van der Waals surface area contributed by atoms with Crippen LogP contribution in [-0.4, -0.2) is 8.76 Å². The summed E-state index contributed by atoms with van der Waals surface area (Å²) >= 11 is 9.18. The van der Waals surface area contributed by atoms with Crippen LogP contribution in [0.5, 0.6) is 0 Å². The minimum atomic E-state index is -2.08. The molecule has 66 valence electrons. The largest absolute Gasteiger partial charge is 0.289 e. The first-order valence-electron chi connectivity index (χ1n) is 2.92. The Morgan fingerprint density at radius 3 is 2.50 bits per heavy atom. The van der Waals surface area contributed by atoms with Gasteiger partial charge < -0.3 is 0 Å². The molecule has 12 heavy (non-hydrogen) atoms. The standard InChI is InChI=1S/C6H5Cl2NO2S/c7-5-2-1-4(3-6(5)8)9-12(10)11/h1-3,9H,(H,10,11). The highest BCUT2D eigenvalue weighted by atomic mass is 35.5. The number of nitrogens with one attached hydrogen (secondary N) is 1. The van der Waals surface area contributed by atoms with Gasteiger partial charge in [0.2, 0.25) is 0 Å². The Hall–Kier alpha value is -0.290.